The zero-order valence-electron chi connectivity index (χ0n) is 6.98. The van der Waals surface area contributed by atoms with E-state index in [2.05, 4.69) is 26.1 Å². The summed E-state index contributed by atoms with van der Waals surface area (Å²) in [6.45, 7) is 6.11. The summed E-state index contributed by atoms with van der Waals surface area (Å²) in [5.74, 6) is 0. The summed E-state index contributed by atoms with van der Waals surface area (Å²) in [5.41, 5.74) is 0. The number of halogens is 1. The van der Waals surface area contributed by atoms with Crippen molar-refractivity contribution in [2.75, 3.05) is 38.1 Å². The Morgan fingerprint density at radius 1 is 1.18 bits per heavy atom. The van der Waals surface area contributed by atoms with Crippen molar-refractivity contribution in [3.05, 3.63) is 0 Å². The molecule has 1 heterocycles. The fraction of sp³-hybridized carbons (Fsp3) is 1.00. The average molecular weight is 221 g/mol. The van der Waals surface area contributed by atoms with Crippen LogP contribution in [-0.2, 0) is 0 Å². The summed E-state index contributed by atoms with van der Waals surface area (Å²) in [6.07, 6.45) is 2.65. The molecular weight excluding hydrogens is 204 g/mol. The Kier molecular flexibility index (Phi) is 5.15. The summed E-state index contributed by atoms with van der Waals surface area (Å²) in [6, 6.07) is 0. The van der Waals surface area contributed by atoms with Crippen LogP contribution in [0.1, 0.15) is 12.8 Å². The van der Waals surface area contributed by atoms with Crippen LogP contribution in [0.5, 0.6) is 0 Å². The largest absolute Gasteiger partial charge is 0.314 e. The standard InChI is InChI=1S/C8H17BrN2/c9-3-1-2-6-11-7-4-10-5-8-11/h10H,1-8H2. The highest BCUT2D eigenvalue weighted by Crippen LogP contribution is 1.98. The van der Waals surface area contributed by atoms with Gasteiger partial charge < -0.3 is 10.2 Å². The number of piperazine rings is 1. The fourth-order valence-electron chi connectivity index (χ4n) is 1.36. The van der Waals surface area contributed by atoms with Crippen LogP contribution in [0.15, 0.2) is 0 Å². The topological polar surface area (TPSA) is 15.3 Å². The first-order valence-corrected chi connectivity index (χ1v) is 5.54. The molecule has 11 heavy (non-hydrogen) atoms. The average Bonchev–Trinajstić information content (AvgIpc) is 2.07. The molecule has 0 bridgehead atoms. The van der Waals surface area contributed by atoms with Crippen LogP contribution < -0.4 is 5.32 Å². The Bertz CT molecular complexity index is 92.1. The SMILES string of the molecule is BrCCCCN1CCNCC1. The zero-order valence-corrected chi connectivity index (χ0v) is 8.57. The normalized spacial score (nSPS) is 20.5. The highest BCUT2D eigenvalue weighted by Gasteiger charge is 2.07. The van der Waals surface area contributed by atoms with Crippen LogP contribution in [0, 0.1) is 0 Å². The molecule has 0 aromatic carbocycles. The Hall–Kier alpha value is 0.400. The number of nitrogens with one attached hydrogen (secondary N) is 1. The number of nitrogens with zero attached hydrogens (tertiary/aromatic N) is 1. The van der Waals surface area contributed by atoms with Gasteiger partial charge in [0.25, 0.3) is 0 Å². The third kappa shape index (κ3) is 4.09. The second kappa shape index (κ2) is 5.98. The van der Waals surface area contributed by atoms with Gasteiger partial charge in [-0.25, -0.2) is 0 Å². The third-order valence-electron chi connectivity index (χ3n) is 2.07. The second-order valence-corrected chi connectivity index (χ2v) is 3.78. The van der Waals surface area contributed by atoms with E-state index in [0.717, 1.165) is 5.33 Å². The summed E-state index contributed by atoms with van der Waals surface area (Å²) < 4.78 is 0. The van der Waals surface area contributed by atoms with Crippen LogP contribution in [0.25, 0.3) is 0 Å². The fourth-order valence-corrected chi connectivity index (χ4v) is 1.76. The summed E-state index contributed by atoms with van der Waals surface area (Å²) in [4.78, 5) is 2.54. The Balaban J connectivity index is 1.96. The minimum atomic E-state index is 1.15. The molecule has 1 N–H and O–H groups in total. The van der Waals surface area contributed by atoms with Crippen molar-refractivity contribution in [2.24, 2.45) is 0 Å². The first-order valence-electron chi connectivity index (χ1n) is 4.42. The van der Waals surface area contributed by atoms with E-state index in [4.69, 9.17) is 0 Å². The van der Waals surface area contributed by atoms with E-state index in [1.54, 1.807) is 0 Å². The van der Waals surface area contributed by atoms with Gasteiger partial charge in [0.05, 0.1) is 0 Å². The van der Waals surface area contributed by atoms with Gasteiger partial charge >= 0.3 is 0 Å². The van der Waals surface area contributed by atoms with Crippen molar-refractivity contribution >= 4 is 15.9 Å². The van der Waals surface area contributed by atoms with Gasteiger partial charge in [-0.05, 0) is 19.4 Å². The molecule has 0 aromatic rings. The number of unbranched alkanes of at least 4 members (excludes halogenated alkanes) is 1. The van der Waals surface area contributed by atoms with Gasteiger partial charge in [-0.1, -0.05) is 15.9 Å². The van der Waals surface area contributed by atoms with E-state index in [0.29, 0.717) is 0 Å². The molecule has 0 radical (unpaired) electrons. The quantitative estimate of drug-likeness (QED) is 0.564. The highest BCUT2D eigenvalue weighted by molar-refractivity contribution is 9.09. The molecule has 1 fully saturated rings. The van der Waals surface area contributed by atoms with Crippen molar-refractivity contribution in [2.45, 2.75) is 12.8 Å². The van der Waals surface area contributed by atoms with Crippen molar-refractivity contribution in [3.8, 4) is 0 Å². The van der Waals surface area contributed by atoms with Crippen molar-refractivity contribution in [1.29, 1.82) is 0 Å². The zero-order chi connectivity index (χ0) is 7.94. The van der Waals surface area contributed by atoms with Gasteiger partial charge in [0, 0.05) is 31.5 Å². The molecule has 1 saturated heterocycles. The molecule has 0 amide bonds. The number of hydrogen-bond acceptors (Lipinski definition) is 2. The van der Waals surface area contributed by atoms with Gasteiger partial charge in [0.1, 0.15) is 0 Å². The number of alkyl halides is 1. The molecule has 1 aliphatic heterocycles. The van der Waals surface area contributed by atoms with E-state index < -0.39 is 0 Å². The maximum atomic E-state index is 3.44. The molecule has 0 spiro atoms. The lowest BCUT2D eigenvalue weighted by Crippen LogP contribution is -2.43. The summed E-state index contributed by atoms with van der Waals surface area (Å²) in [5, 5.41) is 4.51. The maximum Gasteiger partial charge on any atom is 0.0107 e. The molecule has 1 rings (SSSR count). The molecule has 0 aliphatic carbocycles. The Morgan fingerprint density at radius 3 is 2.55 bits per heavy atom. The van der Waals surface area contributed by atoms with E-state index in [-0.39, 0.29) is 0 Å². The first-order chi connectivity index (χ1) is 5.43. The van der Waals surface area contributed by atoms with Gasteiger partial charge in [-0.3, -0.25) is 0 Å². The Morgan fingerprint density at radius 2 is 1.91 bits per heavy atom. The van der Waals surface area contributed by atoms with Gasteiger partial charge in [-0.15, -0.1) is 0 Å². The van der Waals surface area contributed by atoms with E-state index >= 15 is 0 Å². The first kappa shape index (κ1) is 9.49. The predicted molar refractivity (Wildman–Crippen MR) is 52.3 cm³/mol. The molecule has 0 aromatic heterocycles. The smallest absolute Gasteiger partial charge is 0.0107 e. The molecular formula is C8H17BrN2. The monoisotopic (exact) mass is 220 g/mol. The van der Waals surface area contributed by atoms with Crippen LogP contribution in [0.3, 0.4) is 0 Å². The summed E-state index contributed by atoms with van der Waals surface area (Å²) in [7, 11) is 0. The lowest BCUT2D eigenvalue weighted by molar-refractivity contribution is 0.238. The molecule has 3 heteroatoms. The minimum absolute atomic E-state index is 1.15. The summed E-state index contributed by atoms with van der Waals surface area (Å²) >= 11 is 3.44. The number of rotatable bonds is 4. The van der Waals surface area contributed by atoms with E-state index in [9.17, 15) is 0 Å². The third-order valence-corrected chi connectivity index (χ3v) is 2.63. The lowest BCUT2D eigenvalue weighted by Gasteiger charge is -2.26. The van der Waals surface area contributed by atoms with E-state index in [1.807, 2.05) is 0 Å². The van der Waals surface area contributed by atoms with Crippen molar-refractivity contribution < 1.29 is 0 Å². The molecule has 2 nitrogen and oxygen atoms in total. The van der Waals surface area contributed by atoms with Crippen molar-refractivity contribution in [1.82, 2.24) is 10.2 Å². The molecule has 0 unspecified atom stereocenters. The lowest BCUT2D eigenvalue weighted by atomic mass is 10.3. The molecule has 1 aliphatic rings. The molecule has 66 valence electrons. The molecule has 0 saturated carbocycles. The van der Waals surface area contributed by atoms with Crippen LogP contribution in [0.4, 0.5) is 0 Å². The second-order valence-electron chi connectivity index (χ2n) is 2.99. The van der Waals surface area contributed by atoms with E-state index in [1.165, 1.54) is 45.6 Å². The molecule has 0 atom stereocenters. The maximum absolute atomic E-state index is 3.44. The van der Waals surface area contributed by atoms with Gasteiger partial charge in [-0.2, -0.15) is 0 Å². The number of hydrogen-bond donors (Lipinski definition) is 1. The van der Waals surface area contributed by atoms with Gasteiger partial charge in [0.15, 0.2) is 0 Å². The van der Waals surface area contributed by atoms with Crippen LogP contribution in [0.2, 0.25) is 0 Å². The van der Waals surface area contributed by atoms with Gasteiger partial charge in [0.2, 0.25) is 0 Å². The Labute approximate surface area is 77.5 Å². The van der Waals surface area contributed by atoms with Crippen LogP contribution in [-0.4, -0.2) is 43.0 Å². The van der Waals surface area contributed by atoms with Crippen molar-refractivity contribution in [3.63, 3.8) is 0 Å². The van der Waals surface area contributed by atoms with Crippen LogP contribution >= 0.6 is 15.9 Å². The minimum Gasteiger partial charge on any atom is -0.314 e. The highest BCUT2D eigenvalue weighted by atomic mass is 79.9. The predicted octanol–water partition coefficient (Wildman–Crippen LogP) is 1.07.